The zero-order chi connectivity index (χ0) is 16.3. The van der Waals surface area contributed by atoms with Crippen molar-refractivity contribution in [3.63, 3.8) is 0 Å². The first kappa shape index (κ1) is 15.4. The van der Waals surface area contributed by atoms with E-state index in [9.17, 15) is 20.0 Å². The number of non-ortho nitro benzene ring substituents is 1. The van der Waals surface area contributed by atoms with Gasteiger partial charge in [0.05, 0.1) is 10.5 Å². The van der Waals surface area contributed by atoms with Crippen molar-refractivity contribution in [3.8, 4) is 0 Å². The van der Waals surface area contributed by atoms with E-state index in [4.69, 9.17) is 0 Å². The lowest BCUT2D eigenvalue weighted by molar-refractivity contribution is -0.384. The Labute approximate surface area is 127 Å². The molecule has 0 aliphatic rings. The molecule has 0 amide bonds. The Morgan fingerprint density at radius 1 is 1.18 bits per heavy atom. The van der Waals surface area contributed by atoms with Crippen molar-refractivity contribution < 1.29 is 14.8 Å². The normalized spacial score (nSPS) is 11.3. The molecular weight excluding hydrogens is 282 g/mol. The van der Waals surface area contributed by atoms with Gasteiger partial charge in [0, 0.05) is 12.1 Å². The van der Waals surface area contributed by atoms with Crippen molar-refractivity contribution in [1.82, 2.24) is 0 Å². The highest BCUT2D eigenvalue weighted by atomic mass is 16.6. The summed E-state index contributed by atoms with van der Waals surface area (Å²) in [6.07, 6.45) is 1.45. The number of nitro benzene ring substituents is 1. The van der Waals surface area contributed by atoms with Crippen molar-refractivity contribution in [3.05, 3.63) is 74.8 Å². The number of benzene rings is 2. The molecule has 0 heterocycles. The third-order valence-electron chi connectivity index (χ3n) is 3.29. The third kappa shape index (κ3) is 3.38. The van der Waals surface area contributed by atoms with Crippen LogP contribution in [-0.4, -0.2) is 16.0 Å². The Balaban J connectivity index is 2.54. The molecule has 0 radical (unpaired) electrons. The van der Waals surface area contributed by atoms with Crippen LogP contribution in [-0.2, 0) is 4.79 Å². The number of nitrogens with zero attached hydrogens (tertiary/aromatic N) is 1. The highest BCUT2D eigenvalue weighted by Gasteiger charge is 2.14. The van der Waals surface area contributed by atoms with Crippen LogP contribution in [0.2, 0.25) is 0 Å². The van der Waals surface area contributed by atoms with E-state index >= 15 is 0 Å². The SMILES string of the molecule is Cc1ccc(/C(=C/c2cccc([N+](=O)[O-])c2)C(=O)O)c(C)c1. The van der Waals surface area contributed by atoms with Gasteiger partial charge in [-0.1, -0.05) is 35.9 Å². The van der Waals surface area contributed by atoms with E-state index in [1.165, 1.54) is 24.3 Å². The van der Waals surface area contributed by atoms with Crippen molar-refractivity contribution in [2.75, 3.05) is 0 Å². The first-order valence-corrected chi connectivity index (χ1v) is 6.65. The number of hydrogen-bond acceptors (Lipinski definition) is 3. The topological polar surface area (TPSA) is 80.4 Å². The number of carbonyl (C=O) groups is 1. The summed E-state index contributed by atoms with van der Waals surface area (Å²) in [4.78, 5) is 21.9. The maximum atomic E-state index is 11.6. The first-order chi connectivity index (χ1) is 10.4. The van der Waals surface area contributed by atoms with Crippen LogP contribution in [0.5, 0.6) is 0 Å². The number of carboxylic acids is 1. The molecule has 2 aromatic carbocycles. The summed E-state index contributed by atoms with van der Waals surface area (Å²) in [5, 5.41) is 20.3. The minimum absolute atomic E-state index is 0.0703. The number of aliphatic carboxylic acids is 1. The maximum absolute atomic E-state index is 11.6. The van der Waals surface area contributed by atoms with Crippen LogP contribution in [0.1, 0.15) is 22.3 Å². The zero-order valence-corrected chi connectivity index (χ0v) is 12.2. The molecule has 0 atom stereocenters. The van der Waals surface area contributed by atoms with Gasteiger partial charge in [-0.2, -0.15) is 0 Å². The fraction of sp³-hybridized carbons (Fsp3) is 0.118. The smallest absolute Gasteiger partial charge is 0.336 e. The predicted octanol–water partition coefficient (Wildman–Crippen LogP) is 3.84. The van der Waals surface area contributed by atoms with E-state index in [2.05, 4.69) is 0 Å². The average molecular weight is 297 g/mol. The van der Waals surface area contributed by atoms with Gasteiger partial charge in [-0.05, 0) is 36.6 Å². The van der Waals surface area contributed by atoms with Crippen molar-refractivity contribution in [2.24, 2.45) is 0 Å². The molecule has 0 spiro atoms. The molecule has 2 aromatic rings. The largest absolute Gasteiger partial charge is 0.478 e. The number of aryl methyl sites for hydroxylation is 2. The lowest BCUT2D eigenvalue weighted by atomic mass is 9.97. The van der Waals surface area contributed by atoms with Crippen LogP contribution in [0.25, 0.3) is 11.6 Å². The second-order valence-electron chi connectivity index (χ2n) is 5.03. The van der Waals surface area contributed by atoms with Crippen LogP contribution >= 0.6 is 0 Å². The Morgan fingerprint density at radius 3 is 2.50 bits per heavy atom. The van der Waals surface area contributed by atoms with Gasteiger partial charge in [-0.15, -0.1) is 0 Å². The molecule has 2 rings (SSSR count). The van der Waals surface area contributed by atoms with Gasteiger partial charge in [0.15, 0.2) is 0 Å². The molecule has 0 fully saturated rings. The van der Waals surface area contributed by atoms with E-state index in [0.29, 0.717) is 11.1 Å². The second-order valence-corrected chi connectivity index (χ2v) is 5.03. The molecule has 112 valence electrons. The monoisotopic (exact) mass is 297 g/mol. The molecule has 0 saturated carbocycles. The van der Waals surface area contributed by atoms with Gasteiger partial charge in [0.1, 0.15) is 0 Å². The fourth-order valence-electron chi connectivity index (χ4n) is 2.27. The fourth-order valence-corrected chi connectivity index (χ4v) is 2.27. The molecule has 5 heteroatoms. The molecule has 0 saturated heterocycles. The van der Waals surface area contributed by atoms with E-state index in [1.54, 1.807) is 12.1 Å². The first-order valence-electron chi connectivity index (χ1n) is 6.65. The van der Waals surface area contributed by atoms with Crippen LogP contribution in [0.4, 0.5) is 5.69 Å². The average Bonchev–Trinajstić information content (AvgIpc) is 2.45. The Kier molecular flexibility index (Phi) is 4.36. The maximum Gasteiger partial charge on any atom is 0.336 e. The minimum atomic E-state index is -1.07. The number of rotatable bonds is 4. The lowest BCUT2D eigenvalue weighted by Gasteiger charge is -2.08. The second kappa shape index (κ2) is 6.22. The predicted molar refractivity (Wildman–Crippen MR) is 84.5 cm³/mol. The van der Waals surface area contributed by atoms with Gasteiger partial charge < -0.3 is 5.11 Å². The highest BCUT2D eigenvalue weighted by molar-refractivity contribution is 6.21. The van der Waals surface area contributed by atoms with Crippen LogP contribution in [0, 0.1) is 24.0 Å². The molecule has 0 aliphatic heterocycles. The third-order valence-corrected chi connectivity index (χ3v) is 3.29. The Bertz CT molecular complexity index is 778. The van der Waals surface area contributed by atoms with E-state index < -0.39 is 10.9 Å². The molecule has 0 bridgehead atoms. The summed E-state index contributed by atoms with van der Waals surface area (Å²) in [5.74, 6) is -1.07. The summed E-state index contributed by atoms with van der Waals surface area (Å²) in [7, 11) is 0. The molecule has 1 N–H and O–H groups in total. The van der Waals surface area contributed by atoms with Crippen LogP contribution in [0.3, 0.4) is 0 Å². The quantitative estimate of drug-likeness (QED) is 0.402. The summed E-state index contributed by atoms with van der Waals surface area (Å²) < 4.78 is 0. The minimum Gasteiger partial charge on any atom is -0.478 e. The van der Waals surface area contributed by atoms with Crippen LogP contribution < -0.4 is 0 Å². The van der Waals surface area contributed by atoms with Gasteiger partial charge in [0.25, 0.3) is 5.69 Å². The summed E-state index contributed by atoms with van der Waals surface area (Å²) in [5.41, 5.74) is 3.01. The molecule has 22 heavy (non-hydrogen) atoms. The zero-order valence-electron chi connectivity index (χ0n) is 12.2. The summed E-state index contributed by atoms with van der Waals surface area (Å²) in [6.45, 7) is 3.77. The highest BCUT2D eigenvalue weighted by Crippen LogP contribution is 2.24. The lowest BCUT2D eigenvalue weighted by Crippen LogP contribution is -2.02. The van der Waals surface area contributed by atoms with Gasteiger partial charge in [0.2, 0.25) is 0 Å². The van der Waals surface area contributed by atoms with Crippen molar-refractivity contribution >= 4 is 23.3 Å². The molecule has 0 aromatic heterocycles. The van der Waals surface area contributed by atoms with Gasteiger partial charge in [-0.3, -0.25) is 10.1 Å². The summed E-state index contributed by atoms with van der Waals surface area (Å²) >= 11 is 0. The summed E-state index contributed by atoms with van der Waals surface area (Å²) in [6, 6.07) is 11.4. The van der Waals surface area contributed by atoms with E-state index in [1.807, 2.05) is 26.0 Å². The van der Waals surface area contributed by atoms with Gasteiger partial charge >= 0.3 is 5.97 Å². The van der Waals surface area contributed by atoms with Crippen LogP contribution in [0.15, 0.2) is 42.5 Å². The van der Waals surface area contributed by atoms with Crippen molar-refractivity contribution in [1.29, 1.82) is 0 Å². The standard InChI is InChI=1S/C17H15NO4/c1-11-6-7-15(12(2)8-11)16(17(19)20)10-13-4-3-5-14(9-13)18(21)22/h3-10H,1-2H3,(H,19,20)/b16-10-. The molecule has 0 aliphatic carbocycles. The van der Waals surface area contributed by atoms with E-state index in [-0.39, 0.29) is 11.3 Å². The Morgan fingerprint density at radius 2 is 1.91 bits per heavy atom. The number of carboxylic acid groups (broad SMARTS) is 1. The van der Waals surface area contributed by atoms with Crippen molar-refractivity contribution in [2.45, 2.75) is 13.8 Å². The van der Waals surface area contributed by atoms with Gasteiger partial charge in [-0.25, -0.2) is 4.79 Å². The molecular formula is C17H15NO4. The van der Waals surface area contributed by atoms with E-state index in [0.717, 1.165) is 11.1 Å². The Hall–Kier alpha value is -2.95. The molecule has 0 unspecified atom stereocenters. The molecule has 5 nitrogen and oxygen atoms in total. The number of hydrogen-bond donors (Lipinski definition) is 1. The number of nitro groups is 1.